The molecule has 0 saturated carbocycles. The number of morpholine rings is 1. The zero-order valence-electron chi connectivity index (χ0n) is 16.5. The number of thioether (sulfide) groups is 1. The van der Waals surface area contributed by atoms with E-state index in [1.54, 1.807) is 4.90 Å². The van der Waals surface area contributed by atoms with E-state index in [0.717, 1.165) is 15.7 Å². The third kappa shape index (κ3) is 5.01. The van der Waals surface area contributed by atoms with Crippen molar-refractivity contribution in [3.8, 4) is 0 Å². The summed E-state index contributed by atoms with van der Waals surface area (Å²) in [4.78, 5) is 28.3. The Labute approximate surface area is 180 Å². The van der Waals surface area contributed by atoms with Crippen LogP contribution < -0.4 is 0 Å². The molecule has 0 aliphatic carbocycles. The van der Waals surface area contributed by atoms with Gasteiger partial charge >= 0.3 is 5.97 Å². The lowest BCUT2D eigenvalue weighted by Gasteiger charge is -2.30. The Balaban J connectivity index is 1.43. The van der Waals surface area contributed by atoms with Crippen LogP contribution in [-0.4, -0.2) is 48.8 Å². The molecule has 6 heteroatoms. The number of rotatable bonds is 6. The molecule has 3 aromatic rings. The van der Waals surface area contributed by atoms with Gasteiger partial charge in [0.05, 0.1) is 19.0 Å². The van der Waals surface area contributed by atoms with Gasteiger partial charge in [-0.05, 0) is 22.9 Å². The smallest absolute Gasteiger partial charge is 0.317 e. The highest BCUT2D eigenvalue weighted by Crippen LogP contribution is 2.26. The quantitative estimate of drug-likeness (QED) is 0.444. The fourth-order valence-electron chi connectivity index (χ4n) is 3.40. The molecule has 0 spiro atoms. The van der Waals surface area contributed by atoms with E-state index in [2.05, 4.69) is 12.1 Å². The third-order valence-electron chi connectivity index (χ3n) is 4.98. The van der Waals surface area contributed by atoms with Gasteiger partial charge in [0.2, 0.25) is 6.10 Å². The minimum Gasteiger partial charge on any atom is -0.447 e. The summed E-state index contributed by atoms with van der Waals surface area (Å²) in [6.07, 6.45) is -0.936. The van der Waals surface area contributed by atoms with E-state index >= 15 is 0 Å². The topological polar surface area (TPSA) is 55.8 Å². The lowest BCUT2D eigenvalue weighted by Crippen LogP contribution is -2.44. The van der Waals surface area contributed by atoms with Crippen LogP contribution in [0.5, 0.6) is 0 Å². The van der Waals surface area contributed by atoms with Crippen LogP contribution >= 0.6 is 11.8 Å². The van der Waals surface area contributed by atoms with Gasteiger partial charge in [0.15, 0.2) is 0 Å². The van der Waals surface area contributed by atoms with E-state index in [1.165, 1.54) is 11.8 Å². The van der Waals surface area contributed by atoms with Crippen LogP contribution in [0.3, 0.4) is 0 Å². The first kappa shape index (κ1) is 20.4. The number of benzene rings is 3. The molecule has 1 amide bonds. The number of fused-ring (bicyclic) bond motifs is 1. The lowest BCUT2D eigenvalue weighted by atomic mass is 10.1. The van der Waals surface area contributed by atoms with E-state index in [0.29, 0.717) is 31.9 Å². The van der Waals surface area contributed by atoms with Crippen LogP contribution in [0.25, 0.3) is 10.8 Å². The predicted octanol–water partition coefficient (Wildman–Crippen LogP) is 4.08. The van der Waals surface area contributed by atoms with Crippen molar-refractivity contribution in [3.63, 3.8) is 0 Å². The maximum Gasteiger partial charge on any atom is 0.317 e. The number of carbonyl (C=O) groups excluding carboxylic acids is 2. The average Bonchev–Trinajstić information content (AvgIpc) is 2.82. The Morgan fingerprint density at radius 3 is 2.40 bits per heavy atom. The number of carbonyl (C=O) groups is 2. The second-order valence-electron chi connectivity index (χ2n) is 7.02. The minimum absolute atomic E-state index is 0.137. The zero-order valence-corrected chi connectivity index (χ0v) is 17.3. The van der Waals surface area contributed by atoms with Gasteiger partial charge in [-0.2, -0.15) is 0 Å². The van der Waals surface area contributed by atoms with Crippen molar-refractivity contribution in [3.05, 3.63) is 78.4 Å². The third-order valence-corrected chi connectivity index (χ3v) is 5.94. The second-order valence-corrected chi connectivity index (χ2v) is 8.06. The molecule has 1 saturated heterocycles. The number of amides is 1. The van der Waals surface area contributed by atoms with Gasteiger partial charge in [-0.1, -0.05) is 60.7 Å². The van der Waals surface area contributed by atoms with E-state index in [1.807, 2.05) is 60.7 Å². The van der Waals surface area contributed by atoms with Crippen molar-refractivity contribution in [1.29, 1.82) is 0 Å². The molecule has 3 aromatic carbocycles. The van der Waals surface area contributed by atoms with Gasteiger partial charge in [0.1, 0.15) is 0 Å². The van der Waals surface area contributed by atoms with E-state index in [9.17, 15) is 9.59 Å². The van der Waals surface area contributed by atoms with Crippen molar-refractivity contribution < 1.29 is 19.1 Å². The number of nitrogens with zero attached hydrogens (tertiary/aromatic N) is 1. The van der Waals surface area contributed by atoms with Gasteiger partial charge in [-0.15, -0.1) is 11.8 Å². The molecule has 1 aliphatic rings. The Bertz CT molecular complexity index is 1020. The standard InChI is InChI=1S/C24H23NO4S/c26-22(17-30-21-11-10-18-6-4-5-9-20(18)16-21)29-23(19-7-2-1-3-8-19)24(27)25-12-14-28-15-13-25/h1-11,16,23H,12-15,17H2/t23-/m0/s1. The molecular weight excluding hydrogens is 398 g/mol. The normalized spacial score (nSPS) is 15.0. The Morgan fingerprint density at radius 1 is 0.933 bits per heavy atom. The van der Waals surface area contributed by atoms with Crippen LogP contribution in [0.15, 0.2) is 77.7 Å². The molecule has 1 fully saturated rings. The molecule has 0 aromatic heterocycles. The average molecular weight is 422 g/mol. The molecule has 30 heavy (non-hydrogen) atoms. The monoisotopic (exact) mass is 421 g/mol. The first-order valence-electron chi connectivity index (χ1n) is 9.93. The summed E-state index contributed by atoms with van der Waals surface area (Å²) in [7, 11) is 0. The van der Waals surface area contributed by atoms with Gasteiger partial charge in [-0.25, -0.2) is 0 Å². The van der Waals surface area contributed by atoms with Crippen molar-refractivity contribution >= 4 is 34.4 Å². The number of ether oxygens (including phenoxy) is 2. The number of esters is 1. The van der Waals surface area contributed by atoms with Crippen molar-refractivity contribution in [2.75, 3.05) is 32.1 Å². The molecule has 4 rings (SSSR count). The van der Waals surface area contributed by atoms with Gasteiger partial charge in [0.25, 0.3) is 5.91 Å². The summed E-state index contributed by atoms with van der Waals surface area (Å²) in [5.41, 5.74) is 0.679. The van der Waals surface area contributed by atoms with Gasteiger partial charge in [0, 0.05) is 23.5 Å². The highest BCUT2D eigenvalue weighted by Gasteiger charge is 2.30. The number of hydrogen-bond acceptors (Lipinski definition) is 5. The first-order valence-corrected chi connectivity index (χ1v) is 10.9. The van der Waals surface area contributed by atoms with Crippen LogP contribution in [0, 0.1) is 0 Å². The molecule has 0 N–H and O–H groups in total. The van der Waals surface area contributed by atoms with E-state index < -0.39 is 12.1 Å². The SMILES string of the molecule is O=C(CSc1ccc2ccccc2c1)O[C@H](C(=O)N1CCOCC1)c1ccccc1. The molecule has 5 nitrogen and oxygen atoms in total. The summed E-state index contributed by atoms with van der Waals surface area (Å²) in [6, 6.07) is 23.4. The zero-order chi connectivity index (χ0) is 20.8. The van der Waals surface area contributed by atoms with Crippen LogP contribution in [0.1, 0.15) is 11.7 Å². The fourth-order valence-corrected chi connectivity index (χ4v) is 4.13. The number of hydrogen-bond donors (Lipinski definition) is 0. The Hall–Kier alpha value is -2.83. The first-order chi connectivity index (χ1) is 14.7. The maximum atomic E-state index is 13.0. The highest BCUT2D eigenvalue weighted by molar-refractivity contribution is 8.00. The lowest BCUT2D eigenvalue weighted by molar-refractivity contribution is -0.160. The van der Waals surface area contributed by atoms with Crippen LogP contribution in [0.2, 0.25) is 0 Å². The van der Waals surface area contributed by atoms with Crippen molar-refractivity contribution in [1.82, 2.24) is 4.90 Å². The van der Waals surface area contributed by atoms with Crippen LogP contribution in [-0.2, 0) is 19.1 Å². The molecule has 0 bridgehead atoms. The molecular formula is C24H23NO4S. The summed E-state index contributed by atoms with van der Waals surface area (Å²) in [5, 5.41) is 2.28. The second kappa shape index (κ2) is 9.78. The summed E-state index contributed by atoms with van der Waals surface area (Å²) < 4.78 is 11.0. The maximum absolute atomic E-state index is 13.0. The molecule has 1 atom stereocenters. The van der Waals surface area contributed by atoms with E-state index in [4.69, 9.17) is 9.47 Å². The summed E-state index contributed by atoms with van der Waals surface area (Å²) in [6.45, 7) is 2.01. The van der Waals surface area contributed by atoms with Crippen molar-refractivity contribution in [2.24, 2.45) is 0 Å². The Morgan fingerprint density at radius 2 is 1.63 bits per heavy atom. The van der Waals surface area contributed by atoms with Gasteiger partial charge < -0.3 is 14.4 Å². The molecule has 154 valence electrons. The summed E-state index contributed by atoms with van der Waals surface area (Å²) in [5.74, 6) is -0.477. The molecule has 1 heterocycles. The van der Waals surface area contributed by atoms with E-state index in [-0.39, 0.29) is 11.7 Å². The van der Waals surface area contributed by atoms with Gasteiger partial charge in [-0.3, -0.25) is 9.59 Å². The molecule has 1 aliphatic heterocycles. The Kier molecular flexibility index (Phi) is 6.67. The molecule has 0 unspecified atom stereocenters. The fraction of sp³-hybridized carbons (Fsp3) is 0.250. The largest absolute Gasteiger partial charge is 0.447 e. The van der Waals surface area contributed by atoms with Crippen molar-refractivity contribution in [2.45, 2.75) is 11.0 Å². The summed E-state index contributed by atoms with van der Waals surface area (Å²) >= 11 is 1.41. The van der Waals surface area contributed by atoms with Crippen LogP contribution in [0.4, 0.5) is 0 Å². The molecule has 0 radical (unpaired) electrons. The minimum atomic E-state index is -0.936. The predicted molar refractivity (Wildman–Crippen MR) is 117 cm³/mol. The highest BCUT2D eigenvalue weighted by atomic mass is 32.2.